The quantitative estimate of drug-likeness (QED) is 0.871. The summed E-state index contributed by atoms with van der Waals surface area (Å²) >= 11 is 0. The van der Waals surface area contributed by atoms with Crippen LogP contribution in [0, 0.1) is 5.92 Å². The summed E-state index contributed by atoms with van der Waals surface area (Å²) in [7, 11) is 0. The van der Waals surface area contributed by atoms with Crippen LogP contribution in [0.2, 0.25) is 0 Å². The number of nitrogens with zero attached hydrogens (tertiary/aromatic N) is 2. The third-order valence-corrected chi connectivity index (χ3v) is 5.17. The highest BCUT2D eigenvalue weighted by atomic mass is 16.2. The highest BCUT2D eigenvalue weighted by molar-refractivity contribution is 5.82. The molecule has 0 radical (unpaired) electrons. The van der Waals surface area contributed by atoms with Gasteiger partial charge in [0.15, 0.2) is 0 Å². The van der Waals surface area contributed by atoms with Crippen LogP contribution in [0.1, 0.15) is 50.5 Å². The van der Waals surface area contributed by atoms with E-state index in [1.807, 2.05) is 17.0 Å². The van der Waals surface area contributed by atoms with Crippen molar-refractivity contribution < 1.29 is 9.59 Å². The molecule has 1 saturated carbocycles. The van der Waals surface area contributed by atoms with E-state index in [9.17, 15) is 9.59 Å². The van der Waals surface area contributed by atoms with E-state index in [4.69, 9.17) is 0 Å². The van der Waals surface area contributed by atoms with Gasteiger partial charge in [-0.05, 0) is 42.9 Å². The molecule has 0 unspecified atom stereocenters. The van der Waals surface area contributed by atoms with Gasteiger partial charge < -0.3 is 10.2 Å². The van der Waals surface area contributed by atoms with Crippen molar-refractivity contribution in [3.8, 4) is 0 Å². The number of rotatable bonds is 6. The molecule has 1 atom stereocenters. The van der Waals surface area contributed by atoms with Gasteiger partial charge in [0.25, 0.3) is 0 Å². The van der Waals surface area contributed by atoms with Crippen molar-refractivity contribution in [3.05, 3.63) is 30.1 Å². The van der Waals surface area contributed by atoms with Gasteiger partial charge in [0.2, 0.25) is 11.8 Å². The minimum Gasteiger partial charge on any atom is -0.351 e. The summed E-state index contributed by atoms with van der Waals surface area (Å²) in [6.07, 6.45) is 11.5. The summed E-state index contributed by atoms with van der Waals surface area (Å²) in [5.74, 6) is 0.882. The number of carbonyl (C=O) groups is 2. The number of pyridine rings is 1. The Morgan fingerprint density at radius 1 is 1.21 bits per heavy atom. The maximum absolute atomic E-state index is 12.2. The summed E-state index contributed by atoms with van der Waals surface area (Å²) in [6.45, 7) is 1.55. The van der Waals surface area contributed by atoms with Crippen LogP contribution in [0.5, 0.6) is 0 Å². The largest absolute Gasteiger partial charge is 0.351 e. The van der Waals surface area contributed by atoms with Gasteiger partial charge in [-0.3, -0.25) is 14.6 Å². The summed E-state index contributed by atoms with van der Waals surface area (Å²) in [5.41, 5.74) is 1.11. The third kappa shape index (κ3) is 4.79. The molecule has 2 fully saturated rings. The first-order chi connectivity index (χ1) is 11.7. The lowest BCUT2D eigenvalue weighted by molar-refractivity contribution is -0.128. The smallest absolute Gasteiger partial charge is 0.224 e. The molecule has 1 aromatic rings. The Hall–Kier alpha value is -1.91. The molecule has 1 aromatic heterocycles. The van der Waals surface area contributed by atoms with E-state index in [0.29, 0.717) is 31.7 Å². The Morgan fingerprint density at radius 2 is 1.96 bits per heavy atom. The van der Waals surface area contributed by atoms with Gasteiger partial charge in [0, 0.05) is 38.3 Å². The first kappa shape index (κ1) is 16.9. The molecule has 5 heteroatoms. The van der Waals surface area contributed by atoms with Crippen molar-refractivity contribution in [2.24, 2.45) is 5.92 Å². The van der Waals surface area contributed by atoms with E-state index < -0.39 is 0 Å². The Bertz CT molecular complexity index is 555. The van der Waals surface area contributed by atoms with Crippen molar-refractivity contribution in [1.82, 2.24) is 15.2 Å². The van der Waals surface area contributed by atoms with Gasteiger partial charge in [0.1, 0.15) is 0 Å². The molecule has 5 nitrogen and oxygen atoms in total. The minimum absolute atomic E-state index is 0.0222. The van der Waals surface area contributed by atoms with Gasteiger partial charge in [-0.2, -0.15) is 0 Å². The topological polar surface area (TPSA) is 62.3 Å². The minimum atomic E-state index is -0.0222. The lowest BCUT2D eigenvalue weighted by atomic mass is 9.89. The Kier molecular flexibility index (Phi) is 5.83. The van der Waals surface area contributed by atoms with Gasteiger partial charge >= 0.3 is 0 Å². The first-order valence-corrected chi connectivity index (χ1v) is 9.17. The maximum Gasteiger partial charge on any atom is 0.224 e. The number of aromatic nitrogens is 1. The van der Waals surface area contributed by atoms with Crippen LogP contribution in [-0.4, -0.2) is 40.8 Å². The van der Waals surface area contributed by atoms with Gasteiger partial charge in [-0.15, -0.1) is 0 Å². The predicted octanol–water partition coefficient (Wildman–Crippen LogP) is 2.31. The summed E-state index contributed by atoms with van der Waals surface area (Å²) in [4.78, 5) is 30.2. The molecule has 3 rings (SSSR count). The SMILES string of the molecule is O=C(CCc1ccncc1)N[C@@H]1CC(=O)N(CC2CCCCC2)C1. The summed E-state index contributed by atoms with van der Waals surface area (Å²) in [5, 5.41) is 3.03. The second-order valence-electron chi connectivity index (χ2n) is 7.13. The molecular formula is C19H27N3O2. The molecule has 0 aromatic carbocycles. The zero-order chi connectivity index (χ0) is 16.8. The van der Waals surface area contributed by atoms with E-state index >= 15 is 0 Å². The molecular weight excluding hydrogens is 302 g/mol. The lowest BCUT2D eigenvalue weighted by Gasteiger charge is -2.27. The van der Waals surface area contributed by atoms with E-state index in [2.05, 4.69) is 10.3 Å². The van der Waals surface area contributed by atoms with E-state index in [0.717, 1.165) is 12.1 Å². The van der Waals surface area contributed by atoms with Crippen molar-refractivity contribution in [2.75, 3.05) is 13.1 Å². The normalized spacial score (nSPS) is 21.9. The number of nitrogens with one attached hydrogen (secondary N) is 1. The molecule has 2 amide bonds. The van der Waals surface area contributed by atoms with Crippen LogP contribution in [0.3, 0.4) is 0 Å². The van der Waals surface area contributed by atoms with Crippen molar-refractivity contribution in [3.63, 3.8) is 0 Å². The van der Waals surface area contributed by atoms with Crippen LogP contribution >= 0.6 is 0 Å². The highest BCUT2D eigenvalue weighted by Crippen LogP contribution is 2.26. The van der Waals surface area contributed by atoms with Crippen LogP contribution in [0.4, 0.5) is 0 Å². The molecule has 0 spiro atoms. The number of hydrogen-bond donors (Lipinski definition) is 1. The molecule has 2 aliphatic rings. The molecule has 1 N–H and O–H groups in total. The standard InChI is InChI=1S/C19H27N3O2/c23-18(7-6-15-8-10-20-11-9-15)21-17-12-19(24)22(14-17)13-16-4-2-1-3-5-16/h8-11,16-17H,1-7,12-14H2,(H,21,23)/t17-/m1/s1. The van der Waals surface area contributed by atoms with Crippen molar-refractivity contribution >= 4 is 11.8 Å². The monoisotopic (exact) mass is 329 g/mol. The fraction of sp³-hybridized carbons (Fsp3) is 0.632. The van der Waals surface area contributed by atoms with Crippen molar-refractivity contribution in [2.45, 2.75) is 57.4 Å². The molecule has 0 bridgehead atoms. The predicted molar refractivity (Wildman–Crippen MR) is 92.3 cm³/mol. The van der Waals surface area contributed by atoms with Crippen LogP contribution in [-0.2, 0) is 16.0 Å². The summed E-state index contributed by atoms with van der Waals surface area (Å²) < 4.78 is 0. The van der Waals surface area contributed by atoms with E-state index in [1.165, 1.54) is 32.1 Å². The summed E-state index contributed by atoms with van der Waals surface area (Å²) in [6, 6.07) is 3.84. The second-order valence-corrected chi connectivity index (χ2v) is 7.13. The lowest BCUT2D eigenvalue weighted by Crippen LogP contribution is -2.38. The fourth-order valence-electron chi connectivity index (χ4n) is 3.83. The van der Waals surface area contributed by atoms with Crippen LogP contribution in [0.25, 0.3) is 0 Å². The van der Waals surface area contributed by atoms with Crippen LogP contribution in [0.15, 0.2) is 24.5 Å². The third-order valence-electron chi connectivity index (χ3n) is 5.17. The number of amides is 2. The second kappa shape index (κ2) is 8.27. The molecule has 2 heterocycles. The van der Waals surface area contributed by atoms with E-state index in [-0.39, 0.29) is 17.9 Å². The maximum atomic E-state index is 12.2. The molecule has 1 aliphatic heterocycles. The average molecular weight is 329 g/mol. The van der Waals surface area contributed by atoms with Crippen molar-refractivity contribution in [1.29, 1.82) is 0 Å². The Balaban J connectivity index is 1.41. The molecule has 1 saturated heterocycles. The Morgan fingerprint density at radius 3 is 2.71 bits per heavy atom. The van der Waals surface area contributed by atoms with Gasteiger partial charge in [-0.25, -0.2) is 0 Å². The van der Waals surface area contributed by atoms with Gasteiger partial charge in [0.05, 0.1) is 6.04 Å². The highest BCUT2D eigenvalue weighted by Gasteiger charge is 2.32. The first-order valence-electron chi connectivity index (χ1n) is 9.17. The Labute approximate surface area is 143 Å². The zero-order valence-corrected chi connectivity index (χ0v) is 14.2. The molecule has 1 aliphatic carbocycles. The number of carbonyl (C=O) groups excluding carboxylic acids is 2. The van der Waals surface area contributed by atoms with E-state index in [1.54, 1.807) is 12.4 Å². The van der Waals surface area contributed by atoms with Crippen LogP contribution < -0.4 is 5.32 Å². The fourth-order valence-corrected chi connectivity index (χ4v) is 3.83. The number of aryl methyl sites for hydroxylation is 1. The molecule has 130 valence electrons. The zero-order valence-electron chi connectivity index (χ0n) is 14.2. The average Bonchev–Trinajstić information content (AvgIpc) is 2.94. The molecule has 24 heavy (non-hydrogen) atoms. The number of hydrogen-bond acceptors (Lipinski definition) is 3. The van der Waals surface area contributed by atoms with Gasteiger partial charge in [-0.1, -0.05) is 19.3 Å². The number of likely N-dealkylation sites (tertiary alicyclic amines) is 1.